The molecule has 9 heteroatoms. The molecule has 0 saturated carbocycles. The number of hydrogen-bond donors (Lipinski definition) is 3. The summed E-state index contributed by atoms with van der Waals surface area (Å²) in [4.78, 5) is 8.79. The first kappa shape index (κ1) is 20.9. The highest BCUT2D eigenvalue weighted by Gasteiger charge is 2.15. The minimum Gasteiger partial charge on any atom is -0.370 e. The van der Waals surface area contributed by atoms with Gasteiger partial charge in [-0.25, -0.2) is 18.4 Å². The molecule has 0 amide bonds. The van der Waals surface area contributed by atoms with E-state index < -0.39 is 10.0 Å². The van der Waals surface area contributed by atoms with Crippen LogP contribution < -0.4 is 15.4 Å². The van der Waals surface area contributed by atoms with E-state index >= 15 is 0 Å². The van der Waals surface area contributed by atoms with Gasteiger partial charge in [0.05, 0.1) is 4.90 Å². The Labute approximate surface area is 175 Å². The summed E-state index contributed by atoms with van der Waals surface area (Å²) in [7, 11) is -3.73. The second-order valence-corrected chi connectivity index (χ2v) is 8.52. The molecule has 0 spiro atoms. The molecule has 0 unspecified atom stereocenters. The monoisotopic (exact) mass is 431 g/mol. The zero-order valence-corrected chi connectivity index (χ0v) is 17.9. The summed E-state index contributed by atoms with van der Waals surface area (Å²) >= 11 is 6.05. The highest BCUT2D eigenvalue weighted by atomic mass is 35.5. The highest BCUT2D eigenvalue weighted by molar-refractivity contribution is 7.92. The summed E-state index contributed by atoms with van der Waals surface area (Å²) in [5.41, 5.74) is 2.03. The topological polar surface area (TPSA) is 96.0 Å². The number of sulfonamides is 1. The van der Waals surface area contributed by atoms with Gasteiger partial charge in [-0.05, 0) is 62.7 Å². The van der Waals surface area contributed by atoms with Crippen LogP contribution >= 0.6 is 11.6 Å². The Kier molecular flexibility index (Phi) is 6.24. The minimum atomic E-state index is -3.73. The normalized spacial score (nSPS) is 11.2. The lowest BCUT2D eigenvalue weighted by molar-refractivity contribution is 0.601. The third-order valence-corrected chi connectivity index (χ3v) is 5.85. The fourth-order valence-electron chi connectivity index (χ4n) is 2.63. The molecule has 0 radical (unpaired) electrons. The molecule has 3 rings (SSSR count). The van der Waals surface area contributed by atoms with Gasteiger partial charge in [0.15, 0.2) is 0 Å². The van der Waals surface area contributed by atoms with Crippen molar-refractivity contribution in [2.24, 2.45) is 0 Å². The first-order valence-corrected chi connectivity index (χ1v) is 10.9. The molecule has 0 bridgehead atoms. The van der Waals surface area contributed by atoms with Gasteiger partial charge >= 0.3 is 0 Å². The molecule has 0 atom stereocenters. The molecule has 2 aromatic carbocycles. The Morgan fingerprint density at radius 1 is 0.931 bits per heavy atom. The van der Waals surface area contributed by atoms with Crippen LogP contribution in [0.2, 0.25) is 5.02 Å². The molecule has 0 saturated heterocycles. The molecular formula is C20H22ClN5O2S. The van der Waals surface area contributed by atoms with E-state index in [-0.39, 0.29) is 4.90 Å². The number of aryl methyl sites for hydroxylation is 2. The quantitative estimate of drug-likeness (QED) is 0.500. The maximum absolute atomic E-state index is 12.6. The molecule has 3 N–H and O–H groups in total. The number of halogens is 1. The maximum atomic E-state index is 12.6. The molecule has 0 aliphatic heterocycles. The third-order valence-electron chi connectivity index (χ3n) is 4.06. The van der Waals surface area contributed by atoms with E-state index in [1.165, 1.54) is 12.1 Å². The predicted octanol–water partition coefficient (Wildman–Crippen LogP) is 4.72. The van der Waals surface area contributed by atoms with E-state index in [0.717, 1.165) is 23.6 Å². The second-order valence-electron chi connectivity index (χ2n) is 6.43. The van der Waals surface area contributed by atoms with Crippen molar-refractivity contribution < 1.29 is 8.42 Å². The zero-order valence-electron chi connectivity index (χ0n) is 16.3. The van der Waals surface area contributed by atoms with E-state index in [2.05, 4.69) is 25.3 Å². The average molecular weight is 432 g/mol. The van der Waals surface area contributed by atoms with E-state index in [1.54, 1.807) is 30.3 Å². The number of hydrogen-bond acceptors (Lipinski definition) is 6. The first-order valence-electron chi connectivity index (χ1n) is 9.02. The van der Waals surface area contributed by atoms with Crippen molar-refractivity contribution in [1.82, 2.24) is 9.97 Å². The second kappa shape index (κ2) is 8.67. The number of nitrogens with one attached hydrogen (secondary N) is 3. The van der Waals surface area contributed by atoms with Crippen molar-refractivity contribution in [1.29, 1.82) is 0 Å². The lowest BCUT2D eigenvalue weighted by Crippen LogP contribution is -2.13. The summed E-state index contributed by atoms with van der Waals surface area (Å²) in [6.07, 6.45) is 0. The molecule has 0 aliphatic rings. The van der Waals surface area contributed by atoms with Crippen LogP contribution in [0.25, 0.3) is 0 Å². The lowest BCUT2D eigenvalue weighted by atomic mass is 10.2. The van der Waals surface area contributed by atoms with Crippen LogP contribution in [0.3, 0.4) is 0 Å². The van der Waals surface area contributed by atoms with Gasteiger partial charge in [-0.3, -0.25) is 4.72 Å². The van der Waals surface area contributed by atoms with E-state index in [9.17, 15) is 8.42 Å². The van der Waals surface area contributed by atoms with Crippen LogP contribution in [0.1, 0.15) is 18.3 Å². The van der Waals surface area contributed by atoms with Crippen LogP contribution in [-0.2, 0) is 10.0 Å². The van der Waals surface area contributed by atoms with Gasteiger partial charge in [-0.2, -0.15) is 0 Å². The zero-order chi connectivity index (χ0) is 21.0. The summed E-state index contributed by atoms with van der Waals surface area (Å²) in [5.74, 6) is 2.03. The largest absolute Gasteiger partial charge is 0.370 e. The van der Waals surface area contributed by atoms with Crippen molar-refractivity contribution >= 4 is 44.6 Å². The van der Waals surface area contributed by atoms with Gasteiger partial charge in [-0.15, -0.1) is 0 Å². The van der Waals surface area contributed by atoms with Crippen LogP contribution in [-0.4, -0.2) is 24.9 Å². The van der Waals surface area contributed by atoms with Gasteiger partial charge in [0.1, 0.15) is 17.5 Å². The molecule has 152 valence electrons. The van der Waals surface area contributed by atoms with Crippen molar-refractivity contribution in [2.45, 2.75) is 25.7 Å². The molecule has 29 heavy (non-hydrogen) atoms. The van der Waals surface area contributed by atoms with E-state index in [0.29, 0.717) is 22.4 Å². The van der Waals surface area contributed by atoms with Crippen molar-refractivity contribution in [3.63, 3.8) is 0 Å². The molecule has 0 aliphatic carbocycles. The first-order chi connectivity index (χ1) is 13.8. The summed E-state index contributed by atoms with van der Waals surface area (Å²) in [6, 6.07) is 13.3. The number of aromatic nitrogens is 2. The number of nitrogens with zero attached hydrogens (tertiary/aromatic N) is 2. The Morgan fingerprint density at radius 3 is 2.24 bits per heavy atom. The summed E-state index contributed by atoms with van der Waals surface area (Å²) in [5, 5.41) is 6.76. The molecule has 3 aromatic rings. The molecule has 1 heterocycles. The standard InChI is InChI=1S/C20H22ClN5O2S/c1-4-22-19-12-20(24-14(3)23-19)25-15-6-8-16(9-7-15)26-29(27,28)17-10-5-13(2)18(21)11-17/h5-12,26H,4H2,1-3H3,(H2,22,23,24,25). The maximum Gasteiger partial charge on any atom is 0.261 e. The van der Waals surface area contributed by atoms with Crippen molar-refractivity contribution in [3.8, 4) is 0 Å². The Hall–Kier alpha value is -2.84. The van der Waals surface area contributed by atoms with Crippen LogP contribution in [0, 0.1) is 13.8 Å². The van der Waals surface area contributed by atoms with Gasteiger partial charge in [0.25, 0.3) is 10.0 Å². The summed E-state index contributed by atoms with van der Waals surface area (Å²) in [6.45, 7) is 6.39. The smallest absolute Gasteiger partial charge is 0.261 e. The Bertz CT molecular complexity index is 1120. The van der Waals surface area contributed by atoms with Gasteiger partial charge in [0.2, 0.25) is 0 Å². The SMILES string of the molecule is CCNc1cc(Nc2ccc(NS(=O)(=O)c3ccc(C)c(Cl)c3)cc2)nc(C)n1. The fourth-order valence-corrected chi connectivity index (χ4v) is 3.96. The van der Waals surface area contributed by atoms with Crippen molar-refractivity contribution in [3.05, 3.63) is 64.9 Å². The van der Waals surface area contributed by atoms with Gasteiger partial charge in [-0.1, -0.05) is 17.7 Å². The minimum absolute atomic E-state index is 0.114. The Balaban J connectivity index is 1.74. The third kappa shape index (κ3) is 5.36. The number of anilines is 4. The molecule has 1 aromatic heterocycles. The fraction of sp³-hybridized carbons (Fsp3) is 0.200. The molecule has 0 fully saturated rings. The highest BCUT2D eigenvalue weighted by Crippen LogP contribution is 2.24. The van der Waals surface area contributed by atoms with E-state index in [4.69, 9.17) is 11.6 Å². The van der Waals surface area contributed by atoms with Crippen LogP contribution in [0.4, 0.5) is 23.0 Å². The predicted molar refractivity (Wildman–Crippen MR) is 118 cm³/mol. The van der Waals surface area contributed by atoms with Crippen molar-refractivity contribution in [2.75, 3.05) is 21.9 Å². The molecular weight excluding hydrogens is 410 g/mol. The molecule has 7 nitrogen and oxygen atoms in total. The van der Waals surface area contributed by atoms with Crippen LogP contribution in [0.15, 0.2) is 53.4 Å². The van der Waals surface area contributed by atoms with E-state index in [1.807, 2.05) is 26.8 Å². The van der Waals surface area contributed by atoms with Gasteiger partial charge < -0.3 is 10.6 Å². The lowest BCUT2D eigenvalue weighted by Gasteiger charge is -2.11. The Morgan fingerprint density at radius 2 is 1.59 bits per heavy atom. The van der Waals surface area contributed by atoms with Gasteiger partial charge in [0, 0.05) is 29.0 Å². The number of rotatable bonds is 7. The number of benzene rings is 2. The van der Waals surface area contributed by atoms with Crippen LogP contribution in [0.5, 0.6) is 0 Å². The average Bonchev–Trinajstić information content (AvgIpc) is 2.65. The summed E-state index contributed by atoms with van der Waals surface area (Å²) < 4.78 is 27.7.